The molecule has 1 fully saturated rings. The maximum absolute atomic E-state index is 5.86. The highest BCUT2D eigenvalue weighted by Crippen LogP contribution is 2.27. The van der Waals surface area contributed by atoms with E-state index in [0.29, 0.717) is 6.04 Å². The van der Waals surface area contributed by atoms with Gasteiger partial charge < -0.3 is 5.73 Å². The fourth-order valence-electron chi connectivity index (χ4n) is 2.21. The second-order valence-corrected chi connectivity index (χ2v) is 4.17. The topological polar surface area (TPSA) is 43.8 Å². The van der Waals surface area contributed by atoms with E-state index in [2.05, 4.69) is 11.3 Å². The number of nitrogens with two attached hydrogens (primary N) is 1. The quantitative estimate of drug-likeness (QED) is 0.738. The van der Waals surface area contributed by atoms with Crippen LogP contribution in [0.5, 0.6) is 0 Å². The first-order valence-corrected chi connectivity index (χ1v) is 4.97. The second kappa shape index (κ2) is 3.50. The zero-order chi connectivity index (χ0) is 9.26. The van der Waals surface area contributed by atoms with E-state index in [-0.39, 0.29) is 0 Å². The summed E-state index contributed by atoms with van der Waals surface area (Å²) < 4.78 is 1.87. The van der Waals surface area contributed by atoms with Gasteiger partial charge in [0.2, 0.25) is 0 Å². The predicted octanol–water partition coefficient (Wildman–Crippen LogP) is 1.09. The fourth-order valence-corrected chi connectivity index (χ4v) is 2.21. The molecule has 1 aliphatic rings. The summed E-state index contributed by atoms with van der Waals surface area (Å²) in [5.74, 6) is 0.791. The van der Waals surface area contributed by atoms with Crippen LogP contribution in [0.1, 0.15) is 24.8 Å². The number of aryl methyl sites for hydroxylation is 1. The maximum atomic E-state index is 5.86. The highest BCUT2D eigenvalue weighted by Gasteiger charge is 2.21. The Bertz CT molecular complexity index is 279. The van der Waals surface area contributed by atoms with Gasteiger partial charge in [0.15, 0.2) is 0 Å². The summed E-state index contributed by atoms with van der Waals surface area (Å²) in [5, 5.41) is 4.16. The third kappa shape index (κ3) is 2.10. The van der Waals surface area contributed by atoms with Crippen molar-refractivity contribution in [1.82, 2.24) is 9.78 Å². The van der Waals surface area contributed by atoms with Crippen LogP contribution in [0.4, 0.5) is 0 Å². The number of rotatable bonds is 2. The van der Waals surface area contributed by atoms with E-state index in [1.165, 1.54) is 24.8 Å². The van der Waals surface area contributed by atoms with Crippen LogP contribution in [0.2, 0.25) is 0 Å². The van der Waals surface area contributed by atoms with Gasteiger partial charge in [-0.1, -0.05) is 0 Å². The highest BCUT2D eigenvalue weighted by molar-refractivity contribution is 5.05. The molecule has 13 heavy (non-hydrogen) atoms. The van der Waals surface area contributed by atoms with Crippen LogP contribution in [0.25, 0.3) is 0 Å². The molecule has 72 valence electrons. The van der Waals surface area contributed by atoms with Gasteiger partial charge in [-0.05, 0) is 37.2 Å². The molecule has 3 heteroatoms. The Labute approximate surface area is 78.9 Å². The lowest BCUT2D eigenvalue weighted by molar-refractivity contribution is 0.535. The van der Waals surface area contributed by atoms with Crippen molar-refractivity contribution in [1.29, 1.82) is 0 Å². The molecular formula is C10H17N3. The van der Waals surface area contributed by atoms with Crippen molar-refractivity contribution in [3.05, 3.63) is 18.0 Å². The van der Waals surface area contributed by atoms with E-state index in [9.17, 15) is 0 Å². The van der Waals surface area contributed by atoms with Crippen LogP contribution in [0, 0.1) is 5.92 Å². The molecule has 1 saturated carbocycles. The van der Waals surface area contributed by atoms with Crippen molar-refractivity contribution in [2.24, 2.45) is 18.7 Å². The summed E-state index contributed by atoms with van der Waals surface area (Å²) in [6.07, 6.45) is 8.89. The lowest BCUT2D eigenvalue weighted by Crippen LogP contribution is -2.15. The molecule has 2 N–H and O–H groups in total. The Hall–Kier alpha value is -0.830. The van der Waals surface area contributed by atoms with Crippen molar-refractivity contribution in [2.45, 2.75) is 31.7 Å². The van der Waals surface area contributed by atoms with Crippen LogP contribution >= 0.6 is 0 Å². The molecule has 0 bridgehead atoms. The molecule has 1 heterocycles. The summed E-state index contributed by atoms with van der Waals surface area (Å²) in [4.78, 5) is 0. The zero-order valence-corrected chi connectivity index (χ0v) is 8.11. The molecule has 2 atom stereocenters. The lowest BCUT2D eigenvalue weighted by Gasteiger charge is -2.06. The molecule has 3 nitrogen and oxygen atoms in total. The first-order valence-electron chi connectivity index (χ1n) is 4.97. The van der Waals surface area contributed by atoms with Gasteiger partial charge in [-0.25, -0.2) is 0 Å². The van der Waals surface area contributed by atoms with Crippen molar-refractivity contribution < 1.29 is 0 Å². The van der Waals surface area contributed by atoms with E-state index in [0.717, 1.165) is 12.3 Å². The number of hydrogen-bond donors (Lipinski definition) is 1. The largest absolute Gasteiger partial charge is 0.328 e. The Balaban J connectivity index is 1.91. The Morgan fingerprint density at radius 3 is 3.00 bits per heavy atom. The Morgan fingerprint density at radius 1 is 1.62 bits per heavy atom. The van der Waals surface area contributed by atoms with Crippen molar-refractivity contribution in [3.63, 3.8) is 0 Å². The molecule has 0 amide bonds. The highest BCUT2D eigenvalue weighted by atomic mass is 15.2. The first-order chi connectivity index (χ1) is 6.24. The van der Waals surface area contributed by atoms with Crippen molar-refractivity contribution in [3.8, 4) is 0 Å². The van der Waals surface area contributed by atoms with Gasteiger partial charge in [0.25, 0.3) is 0 Å². The van der Waals surface area contributed by atoms with E-state index in [1.54, 1.807) is 0 Å². The molecule has 0 spiro atoms. The third-order valence-electron chi connectivity index (χ3n) is 2.86. The summed E-state index contributed by atoms with van der Waals surface area (Å²) in [7, 11) is 1.96. The van der Waals surface area contributed by atoms with Gasteiger partial charge in [0.1, 0.15) is 0 Å². The van der Waals surface area contributed by atoms with Crippen molar-refractivity contribution in [2.75, 3.05) is 0 Å². The first kappa shape index (κ1) is 8.75. The van der Waals surface area contributed by atoms with Crippen LogP contribution < -0.4 is 5.73 Å². The van der Waals surface area contributed by atoms with Gasteiger partial charge in [0, 0.05) is 19.3 Å². The maximum Gasteiger partial charge on any atom is 0.0521 e. The van der Waals surface area contributed by atoms with E-state index in [4.69, 9.17) is 5.73 Å². The molecule has 0 radical (unpaired) electrons. The predicted molar refractivity (Wildman–Crippen MR) is 52.2 cm³/mol. The number of nitrogens with zero attached hydrogens (tertiary/aromatic N) is 2. The molecule has 1 aromatic rings. The summed E-state index contributed by atoms with van der Waals surface area (Å²) in [6, 6.07) is 0.446. The summed E-state index contributed by atoms with van der Waals surface area (Å²) in [6.45, 7) is 0. The molecule has 0 saturated heterocycles. The number of aromatic nitrogens is 2. The number of hydrogen-bond acceptors (Lipinski definition) is 2. The van der Waals surface area contributed by atoms with Crippen LogP contribution in [0.15, 0.2) is 12.4 Å². The minimum absolute atomic E-state index is 0.446. The Morgan fingerprint density at radius 2 is 2.46 bits per heavy atom. The molecule has 1 aromatic heterocycles. The minimum Gasteiger partial charge on any atom is -0.328 e. The summed E-state index contributed by atoms with van der Waals surface area (Å²) >= 11 is 0. The van der Waals surface area contributed by atoms with E-state index >= 15 is 0 Å². The average Bonchev–Trinajstić information content (AvgIpc) is 2.62. The van der Waals surface area contributed by atoms with Gasteiger partial charge in [-0.3, -0.25) is 4.68 Å². The van der Waals surface area contributed by atoms with Crippen LogP contribution in [-0.4, -0.2) is 15.8 Å². The smallest absolute Gasteiger partial charge is 0.0521 e. The van der Waals surface area contributed by atoms with Crippen molar-refractivity contribution >= 4 is 0 Å². The van der Waals surface area contributed by atoms with Gasteiger partial charge in [-0.2, -0.15) is 5.10 Å². The SMILES string of the molecule is Cn1cc(CC2CCC(N)C2)cn1. The Kier molecular flexibility index (Phi) is 2.36. The average molecular weight is 179 g/mol. The van der Waals surface area contributed by atoms with Gasteiger partial charge in [-0.15, -0.1) is 0 Å². The molecule has 2 unspecified atom stereocenters. The van der Waals surface area contributed by atoms with Gasteiger partial charge >= 0.3 is 0 Å². The minimum atomic E-state index is 0.446. The molecule has 0 aromatic carbocycles. The molecule has 0 aliphatic heterocycles. The fraction of sp³-hybridized carbons (Fsp3) is 0.700. The second-order valence-electron chi connectivity index (χ2n) is 4.17. The van der Waals surface area contributed by atoms with E-state index in [1.807, 2.05) is 17.9 Å². The molecular weight excluding hydrogens is 162 g/mol. The normalized spacial score (nSPS) is 28.2. The van der Waals surface area contributed by atoms with Crippen LogP contribution in [0.3, 0.4) is 0 Å². The van der Waals surface area contributed by atoms with E-state index < -0.39 is 0 Å². The zero-order valence-electron chi connectivity index (χ0n) is 8.11. The van der Waals surface area contributed by atoms with Gasteiger partial charge in [0.05, 0.1) is 6.20 Å². The molecule has 2 rings (SSSR count). The van der Waals surface area contributed by atoms with Crippen LogP contribution in [-0.2, 0) is 13.5 Å². The molecule has 1 aliphatic carbocycles. The standard InChI is InChI=1S/C10H17N3/c1-13-7-9(6-12-13)4-8-2-3-10(11)5-8/h6-8,10H,2-5,11H2,1H3. The summed E-state index contributed by atoms with van der Waals surface area (Å²) in [5.41, 5.74) is 7.21. The monoisotopic (exact) mass is 179 g/mol. The lowest BCUT2D eigenvalue weighted by atomic mass is 10.0. The third-order valence-corrected chi connectivity index (χ3v) is 2.86.